The van der Waals surface area contributed by atoms with Gasteiger partial charge in [0.2, 0.25) is 0 Å². The largest absolute Gasteiger partial charge is 0.497 e. The number of non-ortho nitro benzene ring substituents is 1. The number of oxime groups is 1. The molecular weight excluding hydrogens is 304 g/mol. The molecular formula is C15H14N2O4S. The molecule has 0 heterocycles. The summed E-state index contributed by atoms with van der Waals surface area (Å²) >= 11 is 1.47. The lowest BCUT2D eigenvalue weighted by Gasteiger charge is -2.07. The van der Waals surface area contributed by atoms with E-state index in [1.807, 2.05) is 24.3 Å². The van der Waals surface area contributed by atoms with Crippen LogP contribution in [0.2, 0.25) is 0 Å². The highest BCUT2D eigenvalue weighted by Crippen LogP contribution is 2.33. The summed E-state index contributed by atoms with van der Waals surface area (Å²) < 4.78 is 5.19. The maximum Gasteiger partial charge on any atom is 0.270 e. The number of ether oxygens (including phenoxy) is 1. The van der Waals surface area contributed by atoms with Crippen LogP contribution in [-0.2, 0) is 4.84 Å². The first kappa shape index (κ1) is 15.8. The highest BCUT2D eigenvalue weighted by molar-refractivity contribution is 7.99. The van der Waals surface area contributed by atoms with E-state index < -0.39 is 4.92 Å². The monoisotopic (exact) mass is 318 g/mol. The maximum absolute atomic E-state index is 10.9. The first-order chi connectivity index (χ1) is 10.6. The molecule has 0 spiro atoms. The highest BCUT2D eigenvalue weighted by atomic mass is 32.2. The second-order valence-corrected chi connectivity index (χ2v) is 5.29. The van der Waals surface area contributed by atoms with Crippen molar-refractivity contribution in [1.82, 2.24) is 0 Å². The number of nitro groups is 1. The van der Waals surface area contributed by atoms with Gasteiger partial charge in [0.15, 0.2) is 0 Å². The van der Waals surface area contributed by atoms with Crippen molar-refractivity contribution >= 4 is 23.7 Å². The summed E-state index contributed by atoms with van der Waals surface area (Å²) in [6.07, 6.45) is 1.45. The maximum atomic E-state index is 10.9. The van der Waals surface area contributed by atoms with Crippen molar-refractivity contribution in [2.24, 2.45) is 5.16 Å². The molecule has 0 saturated heterocycles. The van der Waals surface area contributed by atoms with Crippen molar-refractivity contribution in [2.75, 3.05) is 14.2 Å². The highest BCUT2D eigenvalue weighted by Gasteiger charge is 2.11. The Hall–Kier alpha value is -2.54. The molecule has 114 valence electrons. The summed E-state index contributed by atoms with van der Waals surface area (Å²) in [6.45, 7) is 0. The molecule has 0 saturated carbocycles. The topological polar surface area (TPSA) is 74.0 Å². The quantitative estimate of drug-likeness (QED) is 0.461. The van der Waals surface area contributed by atoms with Crippen molar-refractivity contribution in [3.8, 4) is 5.75 Å². The molecule has 0 bridgehead atoms. The van der Waals surface area contributed by atoms with E-state index in [0.29, 0.717) is 5.56 Å². The molecule has 0 N–H and O–H groups in total. The SMILES string of the molecule is CO/N=C/c1cc([N+](=O)[O-])ccc1Sc1cccc(OC)c1. The molecule has 0 aromatic heterocycles. The normalized spacial score (nSPS) is 10.6. The summed E-state index contributed by atoms with van der Waals surface area (Å²) in [6, 6.07) is 12.2. The van der Waals surface area contributed by atoms with E-state index >= 15 is 0 Å². The van der Waals surface area contributed by atoms with E-state index in [2.05, 4.69) is 9.99 Å². The predicted molar refractivity (Wildman–Crippen MR) is 84.8 cm³/mol. The number of benzene rings is 2. The fourth-order valence-corrected chi connectivity index (χ4v) is 2.69. The average Bonchev–Trinajstić information content (AvgIpc) is 2.54. The second-order valence-electron chi connectivity index (χ2n) is 4.18. The number of nitrogens with zero attached hydrogens (tertiary/aromatic N) is 2. The van der Waals surface area contributed by atoms with Crippen LogP contribution in [0.25, 0.3) is 0 Å². The van der Waals surface area contributed by atoms with Gasteiger partial charge in [0.25, 0.3) is 5.69 Å². The van der Waals surface area contributed by atoms with Gasteiger partial charge < -0.3 is 9.57 Å². The predicted octanol–water partition coefficient (Wildman–Crippen LogP) is 3.73. The molecule has 0 unspecified atom stereocenters. The Morgan fingerprint density at radius 2 is 2.05 bits per heavy atom. The van der Waals surface area contributed by atoms with Crippen molar-refractivity contribution in [1.29, 1.82) is 0 Å². The van der Waals surface area contributed by atoms with Gasteiger partial charge in [-0.15, -0.1) is 0 Å². The van der Waals surface area contributed by atoms with Gasteiger partial charge in [0, 0.05) is 27.5 Å². The van der Waals surface area contributed by atoms with E-state index in [-0.39, 0.29) is 5.69 Å². The number of nitro benzene ring substituents is 1. The van der Waals surface area contributed by atoms with E-state index in [9.17, 15) is 10.1 Å². The van der Waals surface area contributed by atoms with Crippen LogP contribution >= 0.6 is 11.8 Å². The minimum Gasteiger partial charge on any atom is -0.497 e. The molecule has 22 heavy (non-hydrogen) atoms. The fraction of sp³-hybridized carbons (Fsp3) is 0.133. The van der Waals surface area contributed by atoms with Crippen molar-refractivity contribution < 1.29 is 14.5 Å². The van der Waals surface area contributed by atoms with Gasteiger partial charge in [-0.1, -0.05) is 23.0 Å². The summed E-state index contributed by atoms with van der Waals surface area (Å²) in [4.78, 5) is 16.9. The van der Waals surface area contributed by atoms with Crippen molar-refractivity contribution in [3.05, 3.63) is 58.1 Å². The van der Waals surface area contributed by atoms with Gasteiger partial charge in [0.1, 0.15) is 12.9 Å². The first-order valence-electron chi connectivity index (χ1n) is 6.31. The molecule has 0 amide bonds. The third kappa shape index (κ3) is 3.98. The lowest BCUT2D eigenvalue weighted by atomic mass is 10.2. The van der Waals surface area contributed by atoms with Crippen LogP contribution < -0.4 is 4.74 Å². The van der Waals surface area contributed by atoms with Crippen molar-refractivity contribution in [3.63, 3.8) is 0 Å². The fourth-order valence-electron chi connectivity index (χ4n) is 1.74. The van der Waals surface area contributed by atoms with Crippen molar-refractivity contribution in [2.45, 2.75) is 9.79 Å². The van der Waals surface area contributed by atoms with Crippen LogP contribution in [0.15, 0.2) is 57.4 Å². The molecule has 2 aromatic carbocycles. The van der Waals surface area contributed by atoms with Crippen LogP contribution in [0, 0.1) is 10.1 Å². The zero-order valence-corrected chi connectivity index (χ0v) is 12.9. The molecule has 2 aromatic rings. The lowest BCUT2D eigenvalue weighted by Crippen LogP contribution is -1.93. The second kappa shape index (κ2) is 7.46. The van der Waals surface area contributed by atoms with Gasteiger partial charge in [-0.2, -0.15) is 0 Å². The first-order valence-corrected chi connectivity index (χ1v) is 7.12. The molecule has 0 aliphatic rings. The molecule has 0 aliphatic carbocycles. The molecule has 0 aliphatic heterocycles. The molecule has 6 nitrogen and oxygen atoms in total. The van der Waals surface area contributed by atoms with Crippen LogP contribution in [0.5, 0.6) is 5.75 Å². The minimum atomic E-state index is -0.440. The zero-order chi connectivity index (χ0) is 15.9. The van der Waals surface area contributed by atoms with Crippen LogP contribution in [0.4, 0.5) is 5.69 Å². The Balaban J connectivity index is 2.36. The third-order valence-electron chi connectivity index (χ3n) is 2.77. The zero-order valence-electron chi connectivity index (χ0n) is 12.1. The van der Waals surface area contributed by atoms with Crippen LogP contribution in [0.1, 0.15) is 5.56 Å². The smallest absolute Gasteiger partial charge is 0.270 e. The molecule has 0 radical (unpaired) electrons. The number of methoxy groups -OCH3 is 1. The van der Waals surface area contributed by atoms with Crippen LogP contribution in [-0.4, -0.2) is 25.4 Å². The van der Waals surface area contributed by atoms with Gasteiger partial charge in [-0.05, 0) is 24.3 Å². The summed E-state index contributed by atoms with van der Waals surface area (Å²) in [7, 11) is 3.02. The van der Waals surface area contributed by atoms with E-state index in [0.717, 1.165) is 15.5 Å². The Morgan fingerprint density at radius 1 is 1.23 bits per heavy atom. The number of hydrogen-bond donors (Lipinski definition) is 0. The van der Waals surface area contributed by atoms with Gasteiger partial charge >= 0.3 is 0 Å². The standard InChI is InChI=1S/C15H14N2O4S/c1-20-13-4-3-5-14(9-13)22-15-7-6-12(17(18)19)8-11(15)10-16-21-2/h3-10H,1-2H3/b16-10+. The lowest BCUT2D eigenvalue weighted by molar-refractivity contribution is -0.384. The number of hydrogen-bond acceptors (Lipinski definition) is 6. The summed E-state index contributed by atoms with van der Waals surface area (Å²) in [5.74, 6) is 0.749. The summed E-state index contributed by atoms with van der Waals surface area (Å²) in [5.41, 5.74) is 0.622. The Kier molecular flexibility index (Phi) is 5.37. The van der Waals surface area contributed by atoms with Gasteiger partial charge in [-0.3, -0.25) is 10.1 Å². The molecule has 2 rings (SSSR count). The van der Waals surface area contributed by atoms with E-state index in [4.69, 9.17) is 4.74 Å². The average molecular weight is 318 g/mol. The number of rotatable bonds is 6. The Labute approximate surface area is 131 Å². The minimum absolute atomic E-state index is 0.00699. The molecule has 0 fully saturated rings. The van der Waals surface area contributed by atoms with E-state index in [1.165, 1.54) is 37.2 Å². The Bertz CT molecular complexity index is 704. The van der Waals surface area contributed by atoms with E-state index in [1.54, 1.807) is 13.2 Å². The van der Waals surface area contributed by atoms with Gasteiger partial charge in [0.05, 0.1) is 18.2 Å². The van der Waals surface area contributed by atoms with Crippen LogP contribution in [0.3, 0.4) is 0 Å². The molecule has 7 heteroatoms. The Morgan fingerprint density at radius 3 is 2.73 bits per heavy atom. The third-order valence-corrected chi connectivity index (χ3v) is 3.85. The van der Waals surface area contributed by atoms with Gasteiger partial charge in [-0.25, -0.2) is 0 Å². The summed E-state index contributed by atoms with van der Waals surface area (Å²) in [5, 5.41) is 14.6. The molecule has 0 atom stereocenters.